The molecule has 1 aromatic carbocycles. The molecular weight excluding hydrogens is 396 g/mol. The minimum atomic E-state index is -3.55. The smallest absolute Gasteiger partial charge is 0.323 e. The topological polar surface area (TPSA) is 104 Å². The predicted octanol–water partition coefficient (Wildman–Crippen LogP) is 1.98. The van der Waals surface area contributed by atoms with Crippen LogP contribution in [-0.4, -0.2) is 49.3 Å². The molecule has 1 aliphatic heterocycles. The van der Waals surface area contributed by atoms with Crippen LogP contribution in [0.25, 0.3) is 10.9 Å². The summed E-state index contributed by atoms with van der Waals surface area (Å²) in [5.41, 5.74) is 0.466. The Morgan fingerprint density at radius 3 is 2.41 bits per heavy atom. The molecule has 3 unspecified atom stereocenters. The van der Waals surface area contributed by atoms with Crippen LogP contribution in [0.4, 0.5) is 0 Å². The molecule has 0 radical (unpaired) electrons. The minimum Gasteiger partial charge on any atom is -0.469 e. The van der Waals surface area contributed by atoms with E-state index in [4.69, 9.17) is 9.47 Å². The van der Waals surface area contributed by atoms with E-state index in [0.29, 0.717) is 16.5 Å². The molecule has 2 aromatic rings. The van der Waals surface area contributed by atoms with Gasteiger partial charge in [0.2, 0.25) is 10.0 Å². The summed E-state index contributed by atoms with van der Waals surface area (Å²) in [7, 11) is -2.26. The normalized spacial score (nSPS) is 22.6. The number of hydrogen-bond acceptors (Lipinski definition) is 7. The fourth-order valence-electron chi connectivity index (χ4n) is 3.72. The average Bonchev–Trinajstić information content (AvgIpc) is 3.21. The molecule has 0 spiro atoms. The zero-order chi connectivity index (χ0) is 21.6. The van der Waals surface area contributed by atoms with Gasteiger partial charge in [0, 0.05) is 17.6 Å². The number of fused-ring (bicyclic) bond motifs is 1. The maximum absolute atomic E-state index is 12.6. The number of nitrogens with one attached hydrogen (secondary N) is 1. The second-order valence-corrected chi connectivity index (χ2v) is 10.1. The number of para-hydroxylation sites is 1. The molecule has 1 saturated heterocycles. The molecule has 1 aliphatic rings. The van der Waals surface area contributed by atoms with Gasteiger partial charge in [0.25, 0.3) is 0 Å². The average molecular weight is 423 g/mol. The van der Waals surface area contributed by atoms with Gasteiger partial charge >= 0.3 is 11.9 Å². The number of methoxy groups -OCH3 is 1. The van der Waals surface area contributed by atoms with Crippen LogP contribution in [0.3, 0.4) is 0 Å². The number of aromatic nitrogens is 1. The third kappa shape index (κ3) is 4.30. The van der Waals surface area contributed by atoms with E-state index in [2.05, 4.69) is 5.32 Å². The van der Waals surface area contributed by atoms with Crippen LogP contribution < -0.4 is 5.32 Å². The van der Waals surface area contributed by atoms with Crippen LogP contribution >= 0.6 is 0 Å². The summed E-state index contributed by atoms with van der Waals surface area (Å²) in [6, 6.07) is 5.75. The van der Waals surface area contributed by atoms with Crippen molar-refractivity contribution in [3.05, 3.63) is 36.0 Å². The lowest BCUT2D eigenvalue weighted by atomic mass is 9.93. The van der Waals surface area contributed by atoms with Crippen molar-refractivity contribution >= 4 is 32.9 Å². The Bertz CT molecular complexity index is 1050. The number of ether oxygens (including phenoxy) is 2. The number of hydrogen-bond donors (Lipinski definition) is 1. The zero-order valence-electron chi connectivity index (χ0n) is 17.1. The van der Waals surface area contributed by atoms with Crippen LogP contribution in [0.15, 0.2) is 30.5 Å². The first-order valence-electron chi connectivity index (χ1n) is 9.29. The SMILES string of the molecule is COC(=O)C1CC(C(=O)OC(C)(C)C)NC1c1cn(S(C)(=O)=O)c2ccccc12. The van der Waals surface area contributed by atoms with Gasteiger partial charge in [-0.15, -0.1) is 0 Å². The van der Waals surface area contributed by atoms with Crippen molar-refractivity contribution in [2.75, 3.05) is 13.4 Å². The first-order valence-corrected chi connectivity index (χ1v) is 11.1. The molecule has 0 saturated carbocycles. The van der Waals surface area contributed by atoms with Gasteiger partial charge in [-0.2, -0.15) is 0 Å². The lowest BCUT2D eigenvalue weighted by molar-refractivity contribution is -0.157. The minimum absolute atomic E-state index is 0.199. The fourth-order valence-corrected chi connectivity index (χ4v) is 4.54. The van der Waals surface area contributed by atoms with Crippen molar-refractivity contribution in [3.63, 3.8) is 0 Å². The molecule has 8 nitrogen and oxygen atoms in total. The van der Waals surface area contributed by atoms with E-state index in [1.54, 1.807) is 45.0 Å². The van der Waals surface area contributed by atoms with E-state index in [-0.39, 0.29) is 6.42 Å². The van der Waals surface area contributed by atoms with Crippen molar-refractivity contribution in [2.24, 2.45) is 5.92 Å². The molecule has 3 atom stereocenters. The highest BCUT2D eigenvalue weighted by Gasteiger charge is 2.45. The van der Waals surface area contributed by atoms with Gasteiger partial charge in [0.1, 0.15) is 11.6 Å². The Labute approximate surface area is 170 Å². The van der Waals surface area contributed by atoms with Gasteiger partial charge in [0.05, 0.1) is 24.8 Å². The van der Waals surface area contributed by atoms with E-state index in [1.807, 2.05) is 0 Å². The summed E-state index contributed by atoms with van der Waals surface area (Å²) in [5.74, 6) is -1.58. The molecule has 1 fully saturated rings. The predicted molar refractivity (Wildman–Crippen MR) is 108 cm³/mol. The Hall–Kier alpha value is -2.39. The summed E-state index contributed by atoms with van der Waals surface area (Å²) < 4.78 is 36.1. The number of nitrogens with zero attached hydrogens (tertiary/aromatic N) is 1. The number of carbonyl (C=O) groups excluding carboxylic acids is 2. The Morgan fingerprint density at radius 1 is 1.17 bits per heavy atom. The molecule has 9 heteroatoms. The second kappa shape index (κ2) is 7.46. The number of rotatable bonds is 4. The van der Waals surface area contributed by atoms with Gasteiger partial charge in [-0.1, -0.05) is 18.2 Å². The molecule has 0 bridgehead atoms. The second-order valence-electron chi connectivity index (χ2n) is 8.26. The van der Waals surface area contributed by atoms with Gasteiger partial charge in [-0.25, -0.2) is 12.4 Å². The molecule has 2 heterocycles. The van der Waals surface area contributed by atoms with Crippen LogP contribution in [0.5, 0.6) is 0 Å². The summed E-state index contributed by atoms with van der Waals surface area (Å²) in [5, 5.41) is 3.86. The van der Waals surface area contributed by atoms with Gasteiger partial charge < -0.3 is 9.47 Å². The van der Waals surface area contributed by atoms with Crippen molar-refractivity contribution in [3.8, 4) is 0 Å². The highest BCUT2D eigenvalue weighted by Crippen LogP contribution is 2.38. The van der Waals surface area contributed by atoms with Crippen molar-refractivity contribution in [1.29, 1.82) is 0 Å². The zero-order valence-corrected chi connectivity index (χ0v) is 17.9. The first kappa shape index (κ1) is 21.3. The van der Waals surface area contributed by atoms with Gasteiger partial charge in [0.15, 0.2) is 0 Å². The summed E-state index contributed by atoms with van der Waals surface area (Å²) in [4.78, 5) is 25.0. The third-order valence-corrected chi connectivity index (χ3v) is 5.89. The van der Waals surface area contributed by atoms with E-state index < -0.39 is 45.6 Å². The van der Waals surface area contributed by atoms with E-state index >= 15 is 0 Å². The maximum atomic E-state index is 12.6. The van der Waals surface area contributed by atoms with Crippen molar-refractivity contribution in [2.45, 2.75) is 44.9 Å². The fraction of sp³-hybridized carbons (Fsp3) is 0.500. The highest BCUT2D eigenvalue weighted by molar-refractivity contribution is 7.89. The van der Waals surface area contributed by atoms with Crippen molar-refractivity contribution < 1.29 is 27.5 Å². The molecule has 158 valence electrons. The standard InChI is InChI=1S/C20H26N2O6S/c1-20(2,3)28-19(24)15-10-13(18(23)27-4)17(21-15)14-11-22(29(5,25)26)16-9-7-6-8-12(14)16/h6-9,11,13,15,17,21H,10H2,1-5H3. The van der Waals surface area contributed by atoms with Gasteiger partial charge in [-0.05, 0) is 38.8 Å². The number of benzene rings is 1. The number of carbonyl (C=O) groups is 2. The van der Waals surface area contributed by atoms with Crippen LogP contribution in [0.2, 0.25) is 0 Å². The van der Waals surface area contributed by atoms with Crippen LogP contribution in [-0.2, 0) is 29.1 Å². The van der Waals surface area contributed by atoms with Crippen molar-refractivity contribution in [1.82, 2.24) is 9.29 Å². The molecule has 0 amide bonds. The number of esters is 2. The molecular formula is C20H26N2O6S. The summed E-state index contributed by atoms with van der Waals surface area (Å²) in [6.07, 6.45) is 2.82. The maximum Gasteiger partial charge on any atom is 0.323 e. The lowest BCUT2D eigenvalue weighted by Crippen LogP contribution is -2.38. The quantitative estimate of drug-likeness (QED) is 0.752. The molecule has 29 heavy (non-hydrogen) atoms. The van der Waals surface area contributed by atoms with Gasteiger partial charge in [-0.3, -0.25) is 14.9 Å². The Balaban J connectivity index is 2.06. The third-order valence-electron chi connectivity index (χ3n) is 4.87. The van der Waals surface area contributed by atoms with Crippen LogP contribution in [0.1, 0.15) is 38.8 Å². The summed E-state index contributed by atoms with van der Waals surface area (Å²) in [6.45, 7) is 5.32. The molecule has 1 N–H and O–H groups in total. The Morgan fingerprint density at radius 2 is 1.83 bits per heavy atom. The monoisotopic (exact) mass is 422 g/mol. The van der Waals surface area contributed by atoms with Crippen LogP contribution in [0, 0.1) is 5.92 Å². The molecule has 3 rings (SSSR count). The van der Waals surface area contributed by atoms with E-state index in [0.717, 1.165) is 6.26 Å². The van der Waals surface area contributed by atoms with E-state index in [9.17, 15) is 18.0 Å². The Kier molecular flexibility index (Phi) is 5.48. The highest BCUT2D eigenvalue weighted by atomic mass is 32.2. The molecule has 0 aliphatic carbocycles. The van der Waals surface area contributed by atoms with E-state index in [1.165, 1.54) is 17.3 Å². The first-order chi connectivity index (χ1) is 13.4. The largest absolute Gasteiger partial charge is 0.469 e. The summed E-state index contributed by atoms with van der Waals surface area (Å²) >= 11 is 0. The lowest BCUT2D eigenvalue weighted by Gasteiger charge is -2.22. The molecule has 1 aromatic heterocycles.